The summed E-state index contributed by atoms with van der Waals surface area (Å²) in [5.41, 5.74) is 0.338. The summed E-state index contributed by atoms with van der Waals surface area (Å²) in [5.74, 6) is -1.64. The molecule has 0 radical (unpaired) electrons. The zero-order chi connectivity index (χ0) is 16.2. The quantitative estimate of drug-likeness (QED) is 0.652. The van der Waals surface area contributed by atoms with Crippen LogP contribution in [0.5, 0.6) is 11.5 Å². The number of ether oxygens (including phenoxy) is 2. The Bertz CT molecular complexity index is 569. The van der Waals surface area contributed by atoms with Crippen LogP contribution in [-0.4, -0.2) is 36.1 Å². The number of hydrogen-bond acceptors (Lipinski definition) is 5. The molecule has 7 nitrogen and oxygen atoms in total. The molecule has 1 amide bonds. The number of rotatable bonds is 5. The summed E-state index contributed by atoms with van der Waals surface area (Å²) in [6.45, 7) is 3.92. The van der Waals surface area contributed by atoms with E-state index in [1.54, 1.807) is 0 Å². The first-order valence-corrected chi connectivity index (χ1v) is 6.17. The van der Waals surface area contributed by atoms with Crippen molar-refractivity contribution in [3.8, 4) is 11.5 Å². The topological polar surface area (TPSA) is 93.1 Å². The lowest BCUT2D eigenvalue weighted by molar-refractivity contribution is -0.139. The zero-order valence-electron chi connectivity index (χ0n) is 12.2. The van der Waals surface area contributed by atoms with Crippen molar-refractivity contribution in [2.24, 2.45) is 0 Å². The van der Waals surface area contributed by atoms with Crippen molar-refractivity contribution in [1.82, 2.24) is 0 Å². The average Bonchev–Trinajstić information content (AvgIpc) is 2.39. The number of hydrogen-bond donors (Lipinski definition) is 1. The predicted octanol–water partition coefficient (Wildman–Crippen LogP) is 1.45. The molecule has 0 aliphatic carbocycles. The van der Waals surface area contributed by atoms with Crippen LogP contribution in [0.15, 0.2) is 18.2 Å². The van der Waals surface area contributed by atoms with Crippen molar-refractivity contribution in [2.45, 2.75) is 26.8 Å². The Morgan fingerprint density at radius 1 is 1.19 bits per heavy atom. The number of benzene rings is 1. The average molecular weight is 295 g/mol. The van der Waals surface area contributed by atoms with Gasteiger partial charge in [0.15, 0.2) is 11.5 Å². The van der Waals surface area contributed by atoms with Gasteiger partial charge in [-0.25, -0.2) is 4.79 Å². The lowest BCUT2D eigenvalue weighted by Gasteiger charge is -2.25. The van der Waals surface area contributed by atoms with Crippen LogP contribution in [0.3, 0.4) is 0 Å². The molecule has 1 aromatic rings. The van der Waals surface area contributed by atoms with Crippen LogP contribution in [-0.2, 0) is 14.4 Å². The van der Waals surface area contributed by atoms with E-state index >= 15 is 0 Å². The minimum absolute atomic E-state index is 0.195. The smallest absolute Gasteiger partial charge is 0.326 e. The van der Waals surface area contributed by atoms with Gasteiger partial charge in [0.2, 0.25) is 5.91 Å². The lowest BCUT2D eigenvalue weighted by atomic mass is 10.2. The van der Waals surface area contributed by atoms with E-state index in [0.29, 0.717) is 5.69 Å². The van der Waals surface area contributed by atoms with Crippen molar-refractivity contribution >= 4 is 23.5 Å². The Balaban J connectivity index is 3.25. The molecule has 0 aliphatic rings. The maximum atomic E-state index is 11.7. The predicted molar refractivity (Wildman–Crippen MR) is 74.6 cm³/mol. The molecule has 0 spiro atoms. The molecule has 1 rings (SSSR count). The molecule has 0 fully saturated rings. The highest BCUT2D eigenvalue weighted by Gasteiger charge is 2.25. The van der Waals surface area contributed by atoms with Crippen LogP contribution in [0, 0.1) is 0 Å². The summed E-state index contributed by atoms with van der Waals surface area (Å²) in [4.78, 5) is 34.9. The van der Waals surface area contributed by atoms with Gasteiger partial charge in [0.05, 0.1) is 7.11 Å². The second kappa shape index (κ2) is 6.74. The van der Waals surface area contributed by atoms with E-state index in [0.717, 1.165) is 4.90 Å². The molecule has 21 heavy (non-hydrogen) atoms. The van der Waals surface area contributed by atoms with Crippen LogP contribution in [0.2, 0.25) is 0 Å². The normalized spacial score (nSPS) is 11.4. The number of nitrogens with zero attached hydrogens (tertiary/aromatic N) is 1. The molecule has 0 bridgehead atoms. The number of carbonyl (C=O) groups is 3. The van der Waals surface area contributed by atoms with Crippen LogP contribution < -0.4 is 14.4 Å². The van der Waals surface area contributed by atoms with E-state index in [1.165, 1.54) is 46.1 Å². The molecule has 0 heterocycles. The van der Waals surface area contributed by atoms with Gasteiger partial charge >= 0.3 is 11.9 Å². The highest BCUT2D eigenvalue weighted by Crippen LogP contribution is 2.32. The SMILES string of the molecule is COc1cc(N(C(C)=O)C(C)C(=O)O)ccc1OC(C)=O. The highest BCUT2D eigenvalue weighted by atomic mass is 16.6. The maximum Gasteiger partial charge on any atom is 0.326 e. The third kappa shape index (κ3) is 3.95. The Kier molecular flexibility index (Phi) is 5.29. The van der Waals surface area contributed by atoms with Crippen molar-refractivity contribution in [1.29, 1.82) is 0 Å². The van der Waals surface area contributed by atoms with Gasteiger partial charge in [-0.05, 0) is 19.1 Å². The first-order valence-electron chi connectivity index (χ1n) is 6.17. The lowest BCUT2D eigenvalue weighted by Crippen LogP contribution is -2.42. The third-order valence-electron chi connectivity index (χ3n) is 2.76. The molecule has 1 unspecified atom stereocenters. The number of carboxylic acid groups (broad SMARTS) is 1. The molecule has 7 heteroatoms. The fourth-order valence-corrected chi connectivity index (χ4v) is 1.83. The van der Waals surface area contributed by atoms with Gasteiger partial charge in [0, 0.05) is 25.6 Å². The molecule has 0 saturated carbocycles. The molecule has 1 aromatic carbocycles. The van der Waals surface area contributed by atoms with Crippen molar-refractivity contribution in [2.75, 3.05) is 12.0 Å². The summed E-state index contributed by atoms with van der Waals surface area (Å²) in [6, 6.07) is 3.34. The van der Waals surface area contributed by atoms with E-state index in [-0.39, 0.29) is 11.5 Å². The third-order valence-corrected chi connectivity index (χ3v) is 2.76. The summed E-state index contributed by atoms with van der Waals surface area (Å²) >= 11 is 0. The second-order valence-electron chi connectivity index (χ2n) is 4.33. The van der Waals surface area contributed by atoms with E-state index in [1.807, 2.05) is 0 Å². The number of anilines is 1. The number of aliphatic carboxylic acids is 1. The molecule has 1 atom stereocenters. The molecular formula is C14H17NO6. The van der Waals surface area contributed by atoms with Crippen molar-refractivity contribution in [3.05, 3.63) is 18.2 Å². The zero-order valence-corrected chi connectivity index (χ0v) is 12.2. The standard InChI is InChI=1S/C14H17NO6/c1-8(14(18)19)15(9(2)16)11-5-6-12(21-10(3)17)13(7-11)20-4/h5-8H,1-4H3,(H,18,19). The number of carbonyl (C=O) groups excluding carboxylic acids is 2. The molecule has 0 saturated heterocycles. The largest absolute Gasteiger partial charge is 0.493 e. The summed E-state index contributed by atoms with van der Waals surface area (Å²) < 4.78 is 10.1. The van der Waals surface area contributed by atoms with Gasteiger partial charge in [-0.1, -0.05) is 0 Å². The van der Waals surface area contributed by atoms with Crippen LogP contribution >= 0.6 is 0 Å². The van der Waals surface area contributed by atoms with Gasteiger partial charge in [0.25, 0.3) is 0 Å². The first kappa shape index (κ1) is 16.5. The number of esters is 1. The van der Waals surface area contributed by atoms with E-state index in [9.17, 15) is 14.4 Å². The van der Waals surface area contributed by atoms with Gasteiger partial charge in [-0.3, -0.25) is 14.5 Å². The molecule has 1 N–H and O–H groups in total. The highest BCUT2D eigenvalue weighted by molar-refractivity contribution is 5.97. The maximum absolute atomic E-state index is 11.7. The monoisotopic (exact) mass is 295 g/mol. The summed E-state index contributed by atoms with van der Waals surface area (Å²) in [7, 11) is 1.38. The van der Waals surface area contributed by atoms with Crippen LogP contribution in [0.25, 0.3) is 0 Å². The minimum atomic E-state index is -1.13. The minimum Gasteiger partial charge on any atom is -0.493 e. The fourth-order valence-electron chi connectivity index (χ4n) is 1.83. The van der Waals surface area contributed by atoms with Gasteiger partial charge < -0.3 is 14.6 Å². The van der Waals surface area contributed by atoms with Gasteiger partial charge in [0.1, 0.15) is 6.04 Å². The Morgan fingerprint density at radius 3 is 2.24 bits per heavy atom. The fraction of sp³-hybridized carbons (Fsp3) is 0.357. The molecule has 0 aromatic heterocycles. The number of carboxylic acids is 1. The number of amides is 1. The van der Waals surface area contributed by atoms with Gasteiger partial charge in [-0.2, -0.15) is 0 Å². The number of methoxy groups -OCH3 is 1. The van der Waals surface area contributed by atoms with E-state index in [2.05, 4.69) is 0 Å². The Morgan fingerprint density at radius 2 is 1.81 bits per heavy atom. The molecule has 114 valence electrons. The second-order valence-corrected chi connectivity index (χ2v) is 4.33. The van der Waals surface area contributed by atoms with Crippen LogP contribution in [0.4, 0.5) is 5.69 Å². The Labute approximate surface area is 122 Å². The summed E-state index contributed by atoms with van der Waals surface area (Å²) in [5, 5.41) is 9.07. The van der Waals surface area contributed by atoms with E-state index < -0.39 is 23.9 Å². The van der Waals surface area contributed by atoms with E-state index in [4.69, 9.17) is 14.6 Å². The summed E-state index contributed by atoms with van der Waals surface area (Å²) in [6.07, 6.45) is 0. The van der Waals surface area contributed by atoms with Crippen molar-refractivity contribution in [3.63, 3.8) is 0 Å². The first-order chi connectivity index (χ1) is 9.77. The Hall–Kier alpha value is -2.57. The van der Waals surface area contributed by atoms with Gasteiger partial charge in [-0.15, -0.1) is 0 Å². The van der Waals surface area contributed by atoms with Crippen LogP contribution in [0.1, 0.15) is 20.8 Å². The molecule has 0 aliphatic heterocycles. The van der Waals surface area contributed by atoms with Crippen molar-refractivity contribution < 1.29 is 29.0 Å². The molecular weight excluding hydrogens is 278 g/mol.